The molecule has 0 radical (unpaired) electrons. The summed E-state index contributed by atoms with van der Waals surface area (Å²) in [5.41, 5.74) is 7.67. The van der Waals surface area contributed by atoms with Gasteiger partial charge in [0.15, 0.2) is 5.82 Å². The standard InChI is InChI=1S/C19H23ClN4O/c1-12-16(20)17(23-18(21)22-12)24-14-7-8-15(24)19(10-14,11-25)9-13-5-3-2-4-6-13/h2-6,14-15,25H,7-11H2,1H3,(H2,21,22,23)/t14-,15+,19-/m1/s1. The van der Waals surface area contributed by atoms with Crippen molar-refractivity contribution in [1.82, 2.24) is 9.97 Å². The zero-order chi connectivity index (χ0) is 17.6. The maximum atomic E-state index is 10.3. The fourth-order valence-corrected chi connectivity index (χ4v) is 4.95. The molecule has 0 spiro atoms. The van der Waals surface area contributed by atoms with Crippen molar-refractivity contribution >= 4 is 23.4 Å². The molecular formula is C19H23ClN4O. The number of halogens is 1. The van der Waals surface area contributed by atoms with Gasteiger partial charge in [-0.25, -0.2) is 4.98 Å². The second-order valence-corrected chi connectivity index (χ2v) is 7.72. The highest BCUT2D eigenvalue weighted by Gasteiger charge is 2.56. The molecule has 2 fully saturated rings. The van der Waals surface area contributed by atoms with E-state index in [1.54, 1.807) is 0 Å². The summed E-state index contributed by atoms with van der Waals surface area (Å²) >= 11 is 6.52. The minimum Gasteiger partial charge on any atom is -0.396 e. The lowest BCUT2D eigenvalue weighted by molar-refractivity contribution is 0.0984. The Bertz CT molecular complexity index is 784. The van der Waals surface area contributed by atoms with Gasteiger partial charge in [-0.3, -0.25) is 0 Å². The summed E-state index contributed by atoms with van der Waals surface area (Å²) in [5.74, 6) is 0.975. The van der Waals surface area contributed by atoms with Gasteiger partial charge in [0.25, 0.3) is 0 Å². The van der Waals surface area contributed by atoms with Gasteiger partial charge in [0.1, 0.15) is 5.02 Å². The topological polar surface area (TPSA) is 75.3 Å². The van der Waals surface area contributed by atoms with E-state index >= 15 is 0 Å². The second-order valence-electron chi connectivity index (χ2n) is 7.35. The molecule has 5 nitrogen and oxygen atoms in total. The number of nitrogen functional groups attached to an aromatic ring is 1. The molecule has 0 amide bonds. The van der Waals surface area contributed by atoms with Crippen molar-refractivity contribution in [2.75, 3.05) is 17.2 Å². The Labute approximate surface area is 152 Å². The Balaban J connectivity index is 1.71. The monoisotopic (exact) mass is 358 g/mol. The molecule has 0 aliphatic carbocycles. The van der Waals surface area contributed by atoms with Crippen LogP contribution in [0.2, 0.25) is 5.02 Å². The number of aliphatic hydroxyl groups excluding tert-OH is 1. The summed E-state index contributed by atoms with van der Waals surface area (Å²) in [6.07, 6.45) is 3.94. The van der Waals surface area contributed by atoms with Crippen LogP contribution < -0.4 is 10.6 Å². The van der Waals surface area contributed by atoms with Crippen LogP contribution in [-0.4, -0.2) is 33.8 Å². The lowest BCUT2D eigenvalue weighted by atomic mass is 9.70. The molecule has 2 saturated heterocycles. The van der Waals surface area contributed by atoms with Crippen molar-refractivity contribution < 1.29 is 5.11 Å². The fraction of sp³-hybridized carbons (Fsp3) is 0.474. The van der Waals surface area contributed by atoms with Gasteiger partial charge in [-0.1, -0.05) is 41.9 Å². The molecule has 25 heavy (non-hydrogen) atoms. The second kappa shape index (κ2) is 6.15. The Hall–Kier alpha value is -1.85. The third kappa shape index (κ3) is 2.66. The number of hydrogen-bond acceptors (Lipinski definition) is 5. The molecule has 3 atom stereocenters. The van der Waals surface area contributed by atoms with E-state index in [0.29, 0.717) is 16.8 Å². The highest BCUT2D eigenvalue weighted by Crippen LogP contribution is 2.53. The van der Waals surface area contributed by atoms with Crippen molar-refractivity contribution in [3.8, 4) is 0 Å². The molecule has 2 aliphatic rings. The van der Waals surface area contributed by atoms with Crippen LogP contribution in [0.3, 0.4) is 0 Å². The highest BCUT2D eigenvalue weighted by molar-refractivity contribution is 6.33. The first-order valence-electron chi connectivity index (χ1n) is 8.77. The fourth-order valence-electron chi connectivity index (χ4n) is 4.76. The van der Waals surface area contributed by atoms with Gasteiger partial charge >= 0.3 is 0 Å². The van der Waals surface area contributed by atoms with Crippen LogP contribution >= 0.6 is 11.6 Å². The third-order valence-electron chi connectivity index (χ3n) is 5.83. The lowest BCUT2D eigenvalue weighted by Crippen LogP contribution is -2.42. The van der Waals surface area contributed by atoms with Gasteiger partial charge in [-0.2, -0.15) is 4.98 Å². The molecule has 2 bridgehead atoms. The van der Waals surface area contributed by atoms with Crippen molar-refractivity contribution in [1.29, 1.82) is 0 Å². The predicted octanol–water partition coefficient (Wildman–Crippen LogP) is 2.98. The highest BCUT2D eigenvalue weighted by atomic mass is 35.5. The van der Waals surface area contributed by atoms with Gasteiger partial charge in [0.2, 0.25) is 5.95 Å². The average Bonchev–Trinajstić information content (AvgIpc) is 3.15. The van der Waals surface area contributed by atoms with Gasteiger partial charge in [-0.15, -0.1) is 0 Å². The van der Waals surface area contributed by atoms with E-state index in [4.69, 9.17) is 17.3 Å². The number of hydrogen-bond donors (Lipinski definition) is 2. The first kappa shape index (κ1) is 16.6. The number of rotatable bonds is 4. The van der Waals surface area contributed by atoms with Crippen LogP contribution in [0.1, 0.15) is 30.5 Å². The molecule has 4 rings (SSSR count). The van der Waals surface area contributed by atoms with Crippen molar-refractivity contribution in [3.05, 3.63) is 46.6 Å². The molecule has 0 unspecified atom stereocenters. The van der Waals surface area contributed by atoms with E-state index in [0.717, 1.165) is 31.5 Å². The van der Waals surface area contributed by atoms with Gasteiger partial charge < -0.3 is 15.7 Å². The minimum absolute atomic E-state index is 0.163. The van der Waals surface area contributed by atoms with Crippen LogP contribution in [-0.2, 0) is 6.42 Å². The van der Waals surface area contributed by atoms with Crippen LogP contribution in [0.15, 0.2) is 30.3 Å². The first-order valence-corrected chi connectivity index (χ1v) is 9.14. The summed E-state index contributed by atoms with van der Waals surface area (Å²) in [6, 6.07) is 10.9. The largest absolute Gasteiger partial charge is 0.396 e. The van der Waals surface area contributed by atoms with E-state index < -0.39 is 0 Å². The number of anilines is 2. The maximum absolute atomic E-state index is 10.3. The SMILES string of the molecule is Cc1nc(N)nc(N2[C@@H]3CC[C@H]2[C@](CO)(Cc2ccccc2)C3)c1Cl. The molecule has 1 aromatic heterocycles. The molecule has 2 aromatic rings. The van der Waals surface area contributed by atoms with Crippen LogP contribution in [0, 0.1) is 12.3 Å². The molecule has 3 heterocycles. The maximum Gasteiger partial charge on any atom is 0.222 e. The molecule has 1 aromatic carbocycles. The quantitative estimate of drug-likeness (QED) is 0.878. The zero-order valence-electron chi connectivity index (χ0n) is 14.3. The summed E-state index contributed by atoms with van der Waals surface area (Å²) in [7, 11) is 0. The Kier molecular flexibility index (Phi) is 4.08. The van der Waals surface area contributed by atoms with E-state index in [-0.39, 0.29) is 24.0 Å². The number of aryl methyl sites for hydroxylation is 1. The van der Waals surface area contributed by atoms with E-state index in [9.17, 15) is 5.11 Å². The molecule has 3 N–H and O–H groups in total. The Morgan fingerprint density at radius 3 is 2.76 bits per heavy atom. The average molecular weight is 359 g/mol. The Morgan fingerprint density at radius 1 is 1.28 bits per heavy atom. The molecular weight excluding hydrogens is 336 g/mol. The minimum atomic E-state index is -0.165. The normalized spacial score (nSPS) is 27.9. The summed E-state index contributed by atoms with van der Waals surface area (Å²) in [6.45, 7) is 2.02. The third-order valence-corrected chi connectivity index (χ3v) is 6.27. The molecule has 2 aliphatic heterocycles. The number of aromatic nitrogens is 2. The van der Waals surface area contributed by atoms with Crippen LogP contribution in [0.5, 0.6) is 0 Å². The van der Waals surface area contributed by atoms with Crippen LogP contribution in [0.4, 0.5) is 11.8 Å². The summed E-state index contributed by atoms with van der Waals surface area (Å²) in [4.78, 5) is 10.9. The Morgan fingerprint density at radius 2 is 2.04 bits per heavy atom. The number of benzene rings is 1. The number of fused-ring (bicyclic) bond motifs is 2. The van der Waals surface area contributed by atoms with Crippen molar-refractivity contribution in [2.24, 2.45) is 5.41 Å². The van der Waals surface area contributed by atoms with Gasteiger partial charge in [0.05, 0.1) is 12.3 Å². The number of nitrogens with two attached hydrogens (primary N) is 1. The number of nitrogens with zero attached hydrogens (tertiary/aromatic N) is 3. The van der Waals surface area contributed by atoms with E-state index in [1.807, 2.05) is 13.0 Å². The zero-order valence-corrected chi connectivity index (χ0v) is 15.1. The van der Waals surface area contributed by atoms with Gasteiger partial charge in [-0.05, 0) is 38.2 Å². The molecule has 0 saturated carbocycles. The predicted molar refractivity (Wildman–Crippen MR) is 99.8 cm³/mol. The van der Waals surface area contributed by atoms with Gasteiger partial charge in [0, 0.05) is 17.5 Å². The summed E-state index contributed by atoms with van der Waals surface area (Å²) < 4.78 is 0. The first-order chi connectivity index (χ1) is 12.0. The smallest absolute Gasteiger partial charge is 0.222 e. The van der Waals surface area contributed by atoms with Crippen molar-refractivity contribution in [2.45, 2.75) is 44.7 Å². The van der Waals surface area contributed by atoms with E-state index in [1.165, 1.54) is 5.56 Å². The van der Waals surface area contributed by atoms with Crippen LogP contribution in [0.25, 0.3) is 0 Å². The van der Waals surface area contributed by atoms with E-state index in [2.05, 4.69) is 39.1 Å². The summed E-state index contributed by atoms with van der Waals surface area (Å²) in [5, 5.41) is 10.9. The van der Waals surface area contributed by atoms with Crippen molar-refractivity contribution in [3.63, 3.8) is 0 Å². The molecule has 6 heteroatoms. The number of aliphatic hydroxyl groups is 1. The lowest BCUT2D eigenvalue weighted by Gasteiger charge is -2.36. The molecule has 132 valence electrons.